The largest absolute Gasteiger partial charge is 0.478 e. The summed E-state index contributed by atoms with van der Waals surface area (Å²) < 4.78 is 5.23. The third kappa shape index (κ3) is 2.99. The van der Waals surface area contributed by atoms with E-state index in [2.05, 4.69) is 17.1 Å². The maximum atomic E-state index is 10.9. The SMILES string of the molecule is CCCC(C)c1nc(-c2cccc(C(=O)O)c2)no1. The number of hydrogen-bond acceptors (Lipinski definition) is 4. The Balaban J connectivity index is 2.27. The lowest BCUT2D eigenvalue weighted by atomic mass is 10.1. The highest BCUT2D eigenvalue weighted by Crippen LogP contribution is 2.23. The Morgan fingerprint density at radius 1 is 1.47 bits per heavy atom. The first-order valence-electron chi connectivity index (χ1n) is 6.29. The van der Waals surface area contributed by atoms with Gasteiger partial charge in [-0.2, -0.15) is 4.98 Å². The summed E-state index contributed by atoms with van der Waals surface area (Å²) in [6.45, 7) is 4.14. The second-order valence-electron chi connectivity index (χ2n) is 4.53. The first-order valence-corrected chi connectivity index (χ1v) is 6.29. The molecule has 0 saturated carbocycles. The number of benzene rings is 1. The smallest absolute Gasteiger partial charge is 0.335 e. The zero-order valence-corrected chi connectivity index (χ0v) is 11.0. The van der Waals surface area contributed by atoms with Crippen molar-refractivity contribution in [2.45, 2.75) is 32.6 Å². The lowest BCUT2D eigenvalue weighted by Gasteiger charge is -2.01. The van der Waals surface area contributed by atoms with Crippen molar-refractivity contribution < 1.29 is 14.4 Å². The van der Waals surface area contributed by atoms with Crippen LogP contribution in [0.25, 0.3) is 11.4 Å². The first-order chi connectivity index (χ1) is 9.11. The maximum Gasteiger partial charge on any atom is 0.335 e. The normalized spacial score (nSPS) is 12.3. The van der Waals surface area contributed by atoms with Crippen LogP contribution in [0.2, 0.25) is 0 Å². The number of hydrogen-bond donors (Lipinski definition) is 1. The fourth-order valence-electron chi connectivity index (χ4n) is 1.90. The van der Waals surface area contributed by atoms with Gasteiger partial charge in [0.1, 0.15) is 0 Å². The van der Waals surface area contributed by atoms with Crippen LogP contribution >= 0.6 is 0 Å². The standard InChI is InChI=1S/C14H16N2O3/c1-3-5-9(2)13-15-12(16-19-13)10-6-4-7-11(8-10)14(17)18/h4,6-9H,3,5H2,1-2H3,(H,17,18). The van der Waals surface area contributed by atoms with Gasteiger partial charge in [-0.05, 0) is 18.6 Å². The summed E-state index contributed by atoms with van der Waals surface area (Å²) in [5.74, 6) is 0.275. The molecular weight excluding hydrogens is 244 g/mol. The van der Waals surface area contributed by atoms with Gasteiger partial charge >= 0.3 is 5.97 Å². The zero-order valence-electron chi connectivity index (χ0n) is 11.0. The molecule has 2 rings (SSSR count). The fraction of sp³-hybridized carbons (Fsp3) is 0.357. The second kappa shape index (κ2) is 5.65. The minimum atomic E-state index is -0.968. The van der Waals surface area contributed by atoms with Crippen LogP contribution in [0.4, 0.5) is 0 Å². The van der Waals surface area contributed by atoms with E-state index in [4.69, 9.17) is 9.63 Å². The summed E-state index contributed by atoms with van der Waals surface area (Å²) >= 11 is 0. The molecular formula is C14H16N2O3. The van der Waals surface area contributed by atoms with Crippen LogP contribution in [0.5, 0.6) is 0 Å². The van der Waals surface area contributed by atoms with E-state index in [9.17, 15) is 4.79 Å². The topological polar surface area (TPSA) is 76.2 Å². The Bertz CT molecular complexity index is 578. The van der Waals surface area contributed by atoms with Crippen molar-refractivity contribution in [1.82, 2.24) is 10.1 Å². The van der Waals surface area contributed by atoms with Crippen LogP contribution in [0.15, 0.2) is 28.8 Å². The number of aromatic nitrogens is 2. The van der Waals surface area contributed by atoms with Gasteiger partial charge in [0.25, 0.3) is 0 Å². The van der Waals surface area contributed by atoms with E-state index >= 15 is 0 Å². The summed E-state index contributed by atoms with van der Waals surface area (Å²) in [4.78, 5) is 15.2. The number of carbonyl (C=O) groups is 1. The Morgan fingerprint density at radius 2 is 2.26 bits per heavy atom. The maximum absolute atomic E-state index is 10.9. The summed E-state index contributed by atoms with van der Waals surface area (Å²) in [6, 6.07) is 6.52. The molecule has 5 heteroatoms. The van der Waals surface area contributed by atoms with Gasteiger partial charge in [0, 0.05) is 11.5 Å². The Hall–Kier alpha value is -2.17. The predicted octanol–water partition coefficient (Wildman–Crippen LogP) is 3.34. The second-order valence-corrected chi connectivity index (χ2v) is 4.53. The van der Waals surface area contributed by atoms with E-state index in [0.29, 0.717) is 17.3 Å². The molecule has 0 aliphatic rings. The van der Waals surface area contributed by atoms with E-state index < -0.39 is 5.97 Å². The van der Waals surface area contributed by atoms with E-state index in [-0.39, 0.29) is 11.5 Å². The van der Waals surface area contributed by atoms with Gasteiger partial charge < -0.3 is 9.63 Å². The summed E-state index contributed by atoms with van der Waals surface area (Å²) in [5, 5.41) is 12.9. The number of rotatable bonds is 5. The molecule has 0 bridgehead atoms. The number of aromatic carboxylic acids is 1. The molecule has 0 saturated heterocycles. The number of nitrogens with zero attached hydrogens (tertiary/aromatic N) is 2. The molecule has 19 heavy (non-hydrogen) atoms. The van der Waals surface area contributed by atoms with Crippen molar-refractivity contribution in [2.75, 3.05) is 0 Å². The van der Waals surface area contributed by atoms with Gasteiger partial charge in [0.2, 0.25) is 11.7 Å². The Labute approximate surface area is 111 Å². The van der Waals surface area contributed by atoms with E-state index in [1.807, 2.05) is 6.92 Å². The lowest BCUT2D eigenvalue weighted by Crippen LogP contribution is -1.96. The molecule has 0 aliphatic carbocycles. The van der Waals surface area contributed by atoms with Crippen LogP contribution in [0, 0.1) is 0 Å². The van der Waals surface area contributed by atoms with Crippen LogP contribution in [0.3, 0.4) is 0 Å². The van der Waals surface area contributed by atoms with E-state index in [0.717, 1.165) is 12.8 Å². The third-order valence-corrected chi connectivity index (χ3v) is 2.95. The molecule has 0 fully saturated rings. The van der Waals surface area contributed by atoms with Gasteiger partial charge in [-0.3, -0.25) is 0 Å². The number of carboxylic acids is 1. The molecule has 1 aromatic carbocycles. The average Bonchev–Trinajstić information content (AvgIpc) is 2.89. The Morgan fingerprint density at radius 3 is 2.95 bits per heavy atom. The molecule has 0 amide bonds. The molecule has 1 atom stereocenters. The van der Waals surface area contributed by atoms with Gasteiger partial charge in [-0.1, -0.05) is 37.6 Å². The highest BCUT2D eigenvalue weighted by molar-refractivity contribution is 5.89. The van der Waals surface area contributed by atoms with Crippen LogP contribution in [-0.2, 0) is 0 Å². The van der Waals surface area contributed by atoms with Gasteiger partial charge in [-0.25, -0.2) is 4.79 Å². The predicted molar refractivity (Wildman–Crippen MR) is 70.0 cm³/mol. The molecule has 2 aromatic rings. The number of carboxylic acid groups (broad SMARTS) is 1. The zero-order chi connectivity index (χ0) is 13.8. The molecule has 100 valence electrons. The van der Waals surface area contributed by atoms with Crippen molar-refractivity contribution in [3.05, 3.63) is 35.7 Å². The highest BCUT2D eigenvalue weighted by atomic mass is 16.5. The van der Waals surface area contributed by atoms with Crippen LogP contribution in [-0.4, -0.2) is 21.2 Å². The minimum Gasteiger partial charge on any atom is -0.478 e. The molecule has 1 aromatic heterocycles. The molecule has 1 N–H and O–H groups in total. The highest BCUT2D eigenvalue weighted by Gasteiger charge is 2.15. The fourth-order valence-corrected chi connectivity index (χ4v) is 1.90. The average molecular weight is 260 g/mol. The van der Waals surface area contributed by atoms with Crippen molar-refractivity contribution in [2.24, 2.45) is 0 Å². The third-order valence-electron chi connectivity index (χ3n) is 2.95. The van der Waals surface area contributed by atoms with Gasteiger partial charge in [0.05, 0.1) is 5.56 Å². The first kappa shape index (κ1) is 13.3. The molecule has 5 nitrogen and oxygen atoms in total. The van der Waals surface area contributed by atoms with E-state index in [1.165, 1.54) is 6.07 Å². The molecule has 1 heterocycles. The summed E-state index contributed by atoms with van der Waals surface area (Å²) in [5.41, 5.74) is 0.865. The van der Waals surface area contributed by atoms with Crippen molar-refractivity contribution in [3.8, 4) is 11.4 Å². The quantitative estimate of drug-likeness (QED) is 0.892. The summed E-state index contributed by atoms with van der Waals surface area (Å²) in [6.07, 6.45) is 2.03. The monoisotopic (exact) mass is 260 g/mol. The minimum absolute atomic E-state index is 0.213. The van der Waals surface area contributed by atoms with Crippen molar-refractivity contribution >= 4 is 5.97 Å². The van der Waals surface area contributed by atoms with Gasteiger partial charge in [0.15, 0.2) is 0 Å². The van der Waals surface area contributed by atoms with Crippen LogP contribution < -0.4 is 0 Å². The van der Waals surface area contributed by atoms with Crippen LogP contribution in [0.1, 0.15) is 48.9 Å². The van der Waals surface area contributed by atoms with Gasteiger partial charge in [-0.15, -0.1) is 0 Å². The summed E-state index contributed by atoms with van der Waals surface area (Å²) in [7, 11) is 0. The van der Waals surface area contributed by atoms with Crippen molar-refractivity contribution in [1.29, 1.82) is 0 Å². The molecule has 0 spiro atoms. The molecule has 0 radical (unpaired) electrons. The molecule has 0 aliphatic heterocycles. The van der Waals surface area contributed by atoms with Crippen molar-refractivity contribution in [3.63, 3.8) is 0 Å². The molecule has 1 unspecified atom stereocenters. The lowest BCUT2D eigenvalue weighted by molar-refractivity contribution is 0.0697. The van der Waals surface area contributed by atoms with E-state index in [1.54, 1.807) is 18.2 Å². The Kier molecular flexibility index (Phi) is 3.94.